The first-order valence-electron chi connectivity index (χ1n) is 7.97. The molecule has 25 heavy (non-hydrogen) atoms. The third kappa shape index (κ3) is 2.59. The van der Waals surface area contributed by atoms with Gasteiger partial charge in [0.25, 0.3) is 0 Å². The molecule has 1 N–H and O–H groups in total. The highest BCUT2D eigenvalue weighted by Gasteiger charge is 2.21. The van der Waals surface area contributed by atoms with E-state index >= 15 is 0 Å². The van der Waals surface area contributed by atoms with Gasteiger partial charge in [0.15, 0.2) is 0 Å². The lowest BCUT2D eigenvalue weighted by Gasteiger charge is -2.07. The van der Waals surface area contributed by atoms with Gasteiger partial charge in [-0.2, -0.15) is 0 Å². The Bertz CT molecular complexity index is 1010. The van der Waals surface area contributed by atoms with E-state index in [2.05, 4.69) is 15.3 Å². The van der Waals surface area contributed by atoms with Crippen molar-refractivity contribution in [3.8, 4) is 28.2 Å². The summed E-state index contributed by atoms with van der Waals surface area (Å²) in [5, 5.41) is 4.00. The first kappa shape index (κ1) is 15.2. The van der Waals surface area contributed by atoms with E-state index in [-0.39, 0.29) is 0 Å². The Morgan fingerprint density at radius 3 is 2.36 bits per heavy atom. The normalized spacial score (nSPS) is 10.8. The van der Waals surface area contributed by atoms with Gasteiger partial charge in [0.2, 0.25) is 5.71 Å². The van der Waals surface area contributed by atoms with Crippen LogP contribution < -0.4 is 10.1 Å². The topological polar surface area (TPSA) is 60.2 Å². The molecule has 5 nitrogen and oxygen atoms in total. The summed E-state index contributed by atoms with van der Waals surface area (Å²) in [5.41, 5.74) is 3.54. The van der Waals surface area contributed by atoms with E-state index in [1.54, 1.807) is 7.11 Å². The highest BCUT2D eigenvalue weighted by Crippen LogP contribution is 2.42. The molecule has 0 aliphatic rings. The van der Waals surface area contributed by atoms with E-state index in [0.717, 1.165) is 39.4 Å². The Morgan fingerprint density at radius 2 is 1.68 bits per heavy atom. The molecular weight excluding hydrogens is 314 g/mol. The Morgan fingerprint density at radius 1 is 0.920 bits per heavy atom. The number of nitrogens with zero attached hydrogens (tertiary/aromatic N) is 2. The van der Waals surface area contributed by atoms with Crippen LogP contribution in [0.3, 0.4) is 0 Å². The van der Waals surface area contributed by atoms with E-state index < -0.39 is 0 Å². The number of fused-ring (bicyclic) bond motifs is 1. The SMILES string of the molecule is CNc1ncnc2oc(-c3ccccc3)c(-c3ccc(OC)cc3)c12. The molecule has 124 valence electrons. The molecule has 2 aromatic heterocycles. The maximum Gasteiger partial charge on any atom is 0.232 e. The van der Waals surface area contributed by atoms with E-state index in [1.165, 1.54) is 6.33 Å². The number of ether oxygens (including phenoxy) is 1. The first-order chi connectivity index (χ1) is 12.3. The average Bonchev–Trinajstić information content (AvgIpc) is 3.08. The van der Waals surface area contributed by atoms with Crippen molar-refractivity contribution in [1.29, 1.82) is 0 Å². The molecule has 5 heteroatoms. The highest BCUT2D eigenvalue weighted by atomic mass is 16.5. The molecule has 0 amide bonds. The number of hydrogen-bond donors (Lipinski definition) is 1. The van der Waals surface area contributed by atoms with E-state index in [9.17, 15) is 0 Å². The number of hydrogen-bond acceptors (Lipinski definition) is 5. The number of furan rings is 1. The van der Waals surface area contributed by atoms with Crippen LogP contribution in [0.25, 0.3) is 33.6 Å². The second kappa shape index (κ2) is 6.28. The molecule has 4 rings (SSSR count). The number of anilines is 1. The number of rotatable bonds is 4. The molecule has 0 spiro atoms. The molecule has 0 saturated carbocycles. The zero-order valence-electron chi connectivity index (χ0n) is 14.0. The fourth-order valence-corrected chi connectivity index (χ4v) is 2.95. The van der Waals surface area contributed by atoms with E-state index in [4.69, 9.17) is 9.15 Å². The summed E-state index contributed by atoms with van der Waals surface area (Å²) in [5.74, 6) is 2.32. The first-order valence-corrected chi connectivity index (χ1v) is 7.97. The second-order valence-corrected chi connectivity index (χ2v) is 5.55. The van der Waals surface area contributed by atoms with Crippen LogP contribution in [-0.2, 0) is 0 Å². The molecular formula is C20H17N3O2. The minimum Gasteiger partial charge on any atom is -0.497 e. The van der Waals surface area contributed by atoms with Gasteiger partial charge in [-0.15, -0.1) is 0 Å². The Labute approximate surface area is 145 Å². The van der Waals surface area contributed by atoms with Crippen LogP contribution in [-0.4, -0.2) is 24.1 Å². The molecule has 0 aliphatic carbocycles. The number of aromatic nitrogens is 2. The zero-order valence-corrected chi connectivity index (χ0v) is 14.0. The predicted octanol–water partition coefficient (Wildman–Crippen LogP) is 4.61. The summed E-state index contributed by atoms with van der Waals surface area (Å²) in [6, 6.07) is 17.9. The summed E-state index contributed by atoms with van der Waals surface area (Å²) in [6.45, 7) is 0. The van der Waals surface area contributed by atoms with Crippen LogP contribution >= 0.6 is 0 Å². The van der Waals surface area contributed by atoms with Crippen molar-refractivity contribution in [2.75, 3.05) is 19.5 Å². The number of benzene rings is 2. The standard InChI is InChI=1S/C20H17N3O2/c1-21-19-17-16(13-8-10-15(24-2)11-9-13)18(14-6-4-3-5-7-14)25-20(17)23-12-22-19/h3-12H,1-2H3,(H,21,22,23). The smallest absolute Gasteiger partial charge is 0.232 e. The van der Waals surface area contributed by atoms with Crippen molar-refractivity contribution in [2.24, 2.45) is 0 Å². The maximum absolute atomic E-state index is 6.12. The summed E-state index contributed by atoms with van der Waals surface area (Å²) in [4.78, 5) is 8.66. The van der Waals surface area contributed by atoms with Crippen molar-refractivity contribution < 1.29 is 9.15 Å². The maximum atomic E-state index is 6.12. The molecule has 0 unspecified atom stereocenters. The van der Waals surface area contributed by atoms with Crippen LogP contribution in [0.1, 0.15) is 0 Å². The number of methoxy groups -OCH3 is 1. The van der Waals surface area contributed by atoms with Gasteiger partial charge in [-0.25, -0.2) is 9.97 Å². The predicted molar refractivity (Wildman–Crippen MR) is 98.8 cm³/mol. The molecule has 0 atom stereocenters. The van der Waals surface area contributed by atoms with Crippen LogP contribution in [0, 0.1) is 0 Å². The molecule has 0 radical (unpaired) electrons. The number of nitrogens with one attached hydrogen (secondary N) is 1. The molecule has 2 heterocycles. The summed E-state index contributed by atoms with van der Waals surface area (Å²) >= 11 is 0. The van der Waals surface area contributed by atoms with Crippen molar-refractivity contribution in [1.82, 2.24) is 9.97 Å². The van der Waals surface area contributed by atoms with Gasteiger partial charge in [-0.05, 0) is 17.7 Å². The highest BCUT2D eigenvalue weighted by molar-refractivity contribution is 6.05. The Kier molecular flexibility index (Phi) is 3.82. The van der Waals surface area contributed by atoms with Crippen molar-refractivity contribution in [3.05, 3.63) is 60.9 Å². The lowest BCUT2D eigenvalue weighted by atomic mass is 9.99. The monoisotopic (exact) mass is 331 g/mol. The molecule has 0 saturated heterocycles. The third-order valence-electron chi connectivity index (χ3n) is 4.14. The lowest BCUT2D eigenvalue weighted by molar-refractivity contribution is 0.415. The van der Waals surface area contributed by atoms with E-state index in [1.807, 2.05) is 61.6 Å². The zero-order chi connectivity index (χ0) is 17.2. The van der Waals surface area contributed by atoms with Crippen LogP contribution in [0.5, 0.6) is 5.75 Å². The second-order valence-electron chi connectivity index (χ2n) is 5.55. The molecule has 0 bridgehead atoms. The van der Waals surface area contributed by atoms with Crippen molar-refractivity contribution >= 4 is 16.9 Å². The minimum atomic E-state index is 0.559. The Hall–Kier alpha value is -3.34. The van der Waals surface area contributed by atoms with Gasteiger partial charge in [0.05, 0.1) is 12.5 Å². The van der Waals surface area contributed by atoms with Crippen LogP contribution in [0.4, 0.5) is 5.82 Å². The van der Waals surface area contributed by atoms with Gasteiger partial charge in [0, 0.05) is 18.2 Å². The van der Waals surface area contributed by atoms with Gasteiger partial charge >= 0.3 is 0 Å². The van der Waals surface area contributed by atoms with E-state index in [0.29, 0.717) is 5.71 Å². The minimum absolute atomic E-state index is 0.559. The van der Waals surface area contributed by atoms with Gasteiger partial charge in [0.1, 0.15) is 23.7 Å². The Balaban J connectivity index is 2.04. The lowest BCUT2D eigenvalue weighted by Crippen LogP contribution is -1.94. The quantitative estimate of drug-likeness (QED) is 0.592. The van der Waals surface area contributed by atoms with Gasteiger partial charge in [-0.1, -0.05) is 42.5 Å². The average molecular weight is 331 g/mol. The van der Waals surface area contributed by atoms with Crippen molar-refractivity contribution in [2.45, 2.75) is 0 Å². The molecule has 0 aliphatic heterocycles. The summed E-state index contributed by atoms with van der Waals surface area (Å²) in [6.07, 6.45) is 1.50. The molecule has 4 aromatic rings. The fraction of sp³-hybridized carbons (Fsp3) is 0.100. The van der Waals surface area contributed by atoms with Gasteiger partial charge < -0.3 is 14.5 Å². The molecule has 0 fully saturated rings. The largest absolute Gasteiger partial charge is 0.497 e. The van der Waals surface area contributed by atoms with Crippen LogP contribution in [0.15, 0.2) is 65.3 Å². The van der Waals surface area contributed by atoms with Gasteiger partial charge in [-0.3, -0.25) is 0 Å². The van der Waals surface area contributed by atoms with Crippen molar-refractivity contribution in [3.63, 3.8) is 0 Å². The van der Waals surface area contributed by atoms with Crippen LogP contribution in [0.2, 0.25) is 0 Å². The summed E-state index contributed by atoms with van der Waals surface area (Å²) < 4.78 is 11.4. The summed E-state index contributed by atoms with van der Waals surface area (Å²) in [7, 11) is 3.50. The fourth-order valence-electron chi connectivity index (χ4n) is 2.95. The third-order valence-corrected chi connectivity index (χ3v) is 4.14. The molecule has 2 aromatic carbocycles.